The molecule has 3 aromatic rings. The lowest BCUT2D eigenvalue weighted by Gasteiger charge is -2.16. The second-order valence-corrected chi connectivity index (χ2v) is 8.19. The molecule has 0 heterocycles. The highest BCUT2D eigenvalue weighted by Gasteiger charge is 2.13. The molecule has 146 valence electrons. The number of rotatable bonds is 8. The smallest absolute Gasteiger partial charge is 0.174 e. The van der Waals surface area contributed by atoms with Crippen molar-refractivity contribution in [2.24, 2.45) is 0 Å². The Morgan fingerprint density at radius 3 is 2.36 bits per heavy atom. The fourth-order valence-corrected chi connectivity index (χ4v) is 3.72. The number of hydrogen-bond acceptors (Lipinski definition) is 3. The van der Waals surface area contributed by atoms with Crippen LogP contribution in [0.15, 0.2) is 65.1 Å². The minimum Gasteiger partial charge on any atom is -0.490 e. The first-order chi connectivity index (χ1) is 13.5. The molecule has 0 fully saturated rings. The number of anilines is 1. The second-order valence-electron chi connectivity index (χ2n) is 6.11. The van der Waals surface area contributed by atoms with Crippen LogP contribution < -0.4 is 14.8 Å². The van der Waals surface area contributed by atoms with Gasteiger partial charge in [-0.1, -0.05) is 28.1 Å². The standard InChI is InChI=1S/C22H20BrFINO2/c1-2-27-21-12-16(13-26-19-9-7-18(24)8-10-19)11-20(25)22(21)28-14-15-3-5-17(23)6-4-15/h3-12,26H,2,13-14H2,1H3. The van der Waals surface area contributed by atoms with Gasteiger partial charge in [-0.3, -0.25) is 0 Å². The van der Waals surface area contributed by atoms with E-state index in [9.17, 15) is 4.39 Å². The number of ether oxygens (including phenoxy) is 2. The highest BCUT2D eigenvalue weighted by molar-refractivity contribution is 14.1. The molecule has 0 aliphatic carbocycles. The molecule has 3 aromatic carbocycles. The van der Waals surface area contributed by atoms with Crippen LogP contribution in [0.25, 0.3) is 0 Å². The highest BCUT2D eigenvalue weighted by Crippen LogP contribution is 2.35. The largest absolute Gasteiger partial charge is 0.490 e. The topological polar surface area (TPSA) is 30.5 Å². The van der Waals surface area contributed by atoms with E-state index in [1.165, 1.54) is 12.1 Å². The summed E-state index contributed by atoms with van der Waals surface area (Å²) >= 11 is 5.71. The van der Waals surface area contributed by atoms with E-state index in [0.717, 1.165) is 36.4 Å². The van der Waals surface area contributed by atoms with Crippen LogP contribution in [-0.4, -0.2) is 6.61 Å². The van der Waals surface area contributed by atoms with Crippen LogP contribution in [0.2, 0.25) is 0 Å². The average molecular weight is 556 g/mol. The molecule has 0 radical (unpaired) electrons. The average Bonchev–Trinajstić information content (AvgIpc) is 2.68. The lowest BCUT2D eigenvalue weighted by molar-refractivity contribution is 0.267. The van der Waals surface area contributed by atoms with Gasteiger partial charge in [-0.25, -0.2) is 4.39 Å². The minimum atomic E-state index is -0.244. The van der Waals surface area contributed by atoms with Crippen molar-refractivity contribution in [2.75, 3.05) is 11.9 Å². The lowest BCUT2D eigenvalue weighted by atomic mass is 10.2. The summed E-state index contributed by atoms with van der Waals surface area (Å²) in [6.45, 7) is 3.58. The van der Waals surface area contributed by atoms with Gasteiger partial charge < -0.3 is 14.8 Å². The van der Waals surface area contributed by atoms with E-state index >= 15 is 0 Å². The van der Waals surface area contributed by atoms with Crippen molar-refractivity contribution in [1.29, 1.82) is 0 Å². The van der Waals surface area contributed by atoms with Crippen LogP contribution in [0.5, 0.6) is 11.5 Å². The van der Waals surface area contributed by atoms with E-state index in [0.29, 0.717) is 19.8 Å². The van der Waals surface area contributed by atoms with Gasteiger partial charge in [0.2, 0.25) is 0 Å². The molecule has 0 atom stereocenters. The van der Waals surface area contributed by atoms with E-state index in [4.69, 9.17) is 9.47 Å². The van der Waals surface area contributed by atoms with Crippen molar-refractivity contribution in [3.63, 3.8) is 0 Å². The Morgan fingerprint density at radius 2 is 1.68 bits per heavy atom. The minimum absolute atomic E-state index is 0.244. The van der Waals surface area contributed by atoms with Crippen LogP contribution in [-0.2, 0) is 13.2 Å². The monoisotopic (exact) mass is 555 g/mol. The highest BCUT2D eigenvalue weighted by atomic mass is 127. The van der Waals surface area contributed by atoms with Gasteiger partial charge >= 0.3 is 0 Å². The van der Waals surface area contributed by atoms with Gasteiger partial charge in [-0.05, 0) is 89.2 Å². The molecule has 3 rings (SSSR count). The Labute approximate surface area is 186 Å². The van der Waals surface area contributed by atoms with Crippen LogP contribution in [0.3, 0.4) is 0 Å². The molecular weight excluding hydrogens is 536 g/mol. The number of nitrogens with one attached hydrogen (secondary N) is 1. The van der Waals surface area contributed by atoms with Crippen molar-refractivity contribution >= 4 is 44.2 Å². The third-order valence-electron chi connectivity index (χ3n) is 4.01. The maximum absolute atomic E-state index is 13.0. The van der Waals surface area contributed by atoms with Crippen LogP contribution >= 0.6 is 38.5 Å². The lowest BCUT2D eigenvalue weighted by Crippen LogP contribution is -2.05. The van der Waals surface area contributed by atoms with Gasteiger partial charge in [0.15, 0.2) is 11.5 Å². The van der Waals surface area contributed by atoms with Crippen molar-refractivity contribution < 1.29 is 13.9 Å². The maximum Gasteiger partial charge on any atom is 0.174 e. The zero-order valence-corrected chi connectivity index (χ0v) is 19.1. The summed E-state index contributed by atoms with van der Waals surface area (Å²) in [5.41, 5.74) is 3.02. The van der Waals surface area contributed by atoms with E-state index in [1.54, 1.807) is 12.1 Å². The Morgan fingerprint density at radius 1 is 0.964 bits per heavy atom. The van der Waals surface area contributed by atoms with Gasteiger partial charge in [0, 0.05) is 16.7 Å². The molecule has 0 bridgehead atoms. The van der Waals surface area contributed by atoms with Gasteiger partial charge in [-0.15, -0.1) is 0 Å². The first-order valence-electron chi connectivity index (χ1n) is 8.87. The van der Waals surface area contributed by atoms with Crippen molar-refractivity contribution in [3.8, 4) is 11.5 Å². The summed E-state index contributed by atoms with van der Waals surface area (Å²) in [4.78, 5) is 0. The number of halogens is 3. The van der Waals surface area contributed by atoms with E-state index in [2.05, 4.69) is 49.9 Å². The Bertz CT molecular complexity index is 917. The molecule has 3 nitrogen and oxygen atoms in total. The molecule has 0 saturated heterocycles. The number of benzene rings is 3. The second kappa shape index (κ2) is 10.1. The summed E-state index contributed by atoms with van der Waals surface area (Å²) in [6, 6.07) is 18.4. The quantitative estimate of drug-likeness (QED) is 0.311. The van der Waals surface area contributed by atoms with Crippen molar-refractivity contribution in [1.82, 2.24) is 0 Å². The zero-order chi connectivity index (χ0) is 19.9. The van der Waals surface area contributed by atoms with Crippen LogP contribution in [0, 0.1) is 9.39 Å². The molecule has 0 aromatic heterocycles. The third-order valence-corrected chi connectivity index (χ3v) is 5.34. The van der Waals surface area contributed by atoms with E-state index in [-0.39, 0.29) is 5.82 Å². The van der Waals surface area contributed by atoms with Crippen LogP contribution in [0.4, 0.5) is 10.1 Å². The molecule has 0 amide bonds. The molecular formula is C22H20BrFINO2. The van der Waals surface area contributed by atoms with E-state index in [1.807, 2.05) is 37.3 Å². The molecule has 6 heteroatoms. The molecule has 0 aliphatic rings. The molecule has 0 saturated carbocycles. The molecule has 0 unspecified atom stereocenters. The van der Waals surface area contributed by atoms with Gasteiger partial charge in [0.1, 0.15) is 12.4 Å². The number of hydrogen-bond donors (Lipinski definition) is 1. The predicted octanol–water partition coefficient (Wildman–Crippen LogP) is 6.78. The fraction of sp³-hybridized carbons (Fsp3) is 0.182. The summed E-state index contributed by atoms with van der Waals surface area (Å²) in [5.74, 6) is 1.23. The normalized spacial score (nSPS) is 10.6. The van der Waals surface area contributed by atoms with Gasteiger partial charge in [-0.2, -0.15) is 0 Å². The SMILES string of the molecule is CCOc1cc(CNc2ccc(F)cc2)cc(I)c1OCc1ccc(Br)cc1. The first kappa shape index (κ1) is 20.9. The Hall–Kier alpha value is -1.80. The first-order valence-corrected chi connectivity index (χ1v) is 10.7. The fourth-order valence-electron chi connectivity index (χ4n) is 2.63. The molecule has 0 aliphatic heterocycles. The summed E-state index contributed by atoms with van der Waals surface area (Å²) in [7, 11) is 0. The van der Waals surface area contributed by atoms with Gasteiger partial charge in [0.05, 0.1) is 10.2 Å². The molecule has 28 heavy (non-hydrogen) atoms. The Balaban J connectivity index is 1.73. The van der Waals surface area contributed by atoms with Crippen molar-refractivity contribution in [2.45, 2.75) is 20.1 Å². The van der Waals surface area contributed by atoms with Crippen LogP contribution in [0.1, 0.15) is 18.1 Å². The molecule has 0 spiro atoms. The van der Waals surface area contributed by atoms with E-state index < -0.39 is 0 Å². The maximum atomic E-state index is 13.0. The predicted molar refractivity (Wildman–Crippen MR) is 123 cm³/mol. The Kier molecular flexibility index (Phi) is 7.56. The summed E-state index contributed by atoms with van der Waals surface area (Å²) in [5, 5.41) is 3.30. The zero-order valence-electron chi connectivity index (χ0n) is 15.3. The van der Waals surface area contributed by atoms with Crippen molar-refractivity contribution in [3.05, 3.63) is 85.7 Å². The third kappa shape index (κ3) is 5.85. The summed E-state index contributed by atoms with van der Waals surface area (Å²) < 4.78 is 26.9. The summed E-state index contributed by atoms with van der Waals surface area (Å²) in [6.07, 6.45) is 0. The van der Waals surface area contributed by atoms with Gasteiger partial charge in [0.25, 0.3) is 0 Å². The molecule has 1 N–H and O–H groups in total.